The van der Waals surface area contributed by atoms with Gasteiger partial charge in [0.05, 0.1) is 27.1 Å². The number of nitrogens with zero attached hydrogens (tertiary/aromatic N) is 1. The number of rotatable bonds is 2. The smallest absolute Gasteiger partial charge is 0.258 e. The van der Waals surface area contributed by atoms with E-state index in [2.05, 4.69) is 41.2 Å². The lowest BCUT2D eigenvalue weighted by molar-refractivity contribution is -0.124. The first kappa shape index (κ1) is 21.2. The van der Waals surface area contributed by atoms with E-state index in [4.69, 9.17) is 0 Å². The molecular weight excluding hydrogens is 484 g/mol. The number of fused-ring (bicyclic) bond motifs is 2. The Kier molecular flexibility index (Phi) is 5.30. The molecule has 0 saturated carbocycles. The predicted octanol–water partition coefficient (Wildman–Crippen LogP) is 6.82. The maximum Gasteiger partial charge on any atom is 0.258 e. The van der Waals surface area contributed by atoms with Gasteiger partial charge in [0.2, 0.25) is 0 Å². The Bertz CT molecular complexity index is 1230. The number of Topliss-reactive ketones (excluding diaryl/α,β-unsaturated/α-hetero) is 1. The summed E-state index contributed by atoms with van der Waals surface area (Å²) in [6.07, 6.45) is 2.61. The topological polar surface area (TPSA) is 49.4 Å². The van der Waals surface area contributed by atoms with E-state index in [-0.39, 0.29) is 17.1 Å². The molecule has 0 fully saturated rings. The molecule has 2 aromatic carbocycles. The number of halogens is 1. The Hall–Kier alpha value is -2.70. The number of carbonyl (C=O) groups is 2. The number of amides is 1. The van der Waals surface area contributed by atoms with Gasteiger partial charge in [0.1, 0.15) is 5.78 Å². The first-order valence-corrected chi connectivity index (χ1v) is 12.2. The van der Waals surface area contributed by atoms with E-state index < -0.39 is 12.0 Å². The van der Waals surface area contributed by atoms with Crippen molar-refractivity contribution in [3.05, 3.63) is 92.7 Å². The number of allylic oxidation sites excluding steroid dienone is 1. The fourth-order valence-electron chi connectivity index (χ4n) is 4.73. The quantitative estimate of drug-likeness (QED) is 0.414. The third-order valence-corrected chi connectivity index (χ3v) is 7.71. The highest BCUT2D eigenvalue weighted by Crippen LogP contribution is 2.50. The van der Waals surface area contributed by atoms with Crippen LogP contribution in [0.3, 0.4) is 0 Å². The van der Waals surface area contributed by atoms with Gasteiger partial charge in [0.15, 0.2) is 0 Å². The van der Waals surface area contributed by atoms with E-state index in [9.17, 15) is 9.59 Å². The summed E-state index contributed by atoms with van der Waals surface area (Å²) in [5, 5.41) is 3.53. The van der Waals surface area contributed by atoms with Crippen molar-refractivity contribution >= 4 is 50.3 Å². The van der Waals surface area contributed by atoms with Crippen molar-refractivity contribution < 1.29 is 9.59 Å². The van der Waals surface area contributed by atoms with Gasteiger partial charge < -0.3 is 5.32 Å². The third-order valence-electron chi connectivity index (χ3n) is 6.02. The van der Waals surface area contributed by atoms with E-state index >= 15 is 0 Å². The summed E-state index contributed by atoms with van der Waals surface area (Å²) in [5.41, 5.74) is 2.83. The standard InChI is InChI=1S/C26H23BrN2O2S/c1-26(2)14-18-23(20(30)15-26)24(21-12-13-22(27)32-21)29(19-11-7-6-10-17(19)28-18)25(31)16-8-4-3-5-9-16/h3-14,23-24,28H,15H2,1-2H3/t23-,24-/m0/s1. The van der Waals surface area contributed by atoms with Gasteiger partial charge in [-0.05, 0) is 57.7 Å². The first-order valence-electron chi connectivity index (χ1n) is 10.6. The number of benzene rings is 2. The Balaban J connectivity index is 1.78. The van der Waals surface area contributed by atoms with Crippen LogP contribution in [-0.2, 0) is 4.79 Å². The molecule has 0 bridgehead atoms. The minimum atomic E-state index is -0.464. The van der Waals surface area contributed by atoms with Gasteiger partial charge in [-0.3, -0.25) is 14.5 Å². The van der Waals surface area contributed by atoms with Crippen LogP contribution in [0.2, 0.25) is 0 Å². The highest BCUT2D eigenvalue weighted by molar-refractivity contribution is 9.11. The molecule has 2 aliphatic rings. The molecule has 2 atom stereocenters. The molecule has 0 radical (unpaired) electrons. The fourth-order valence-corrected chi connectivity index (χ4v) is 6.28. The Morgan fingerprint density at radius 2 is 1.78 bits per heavy atom. The second kappa shape index (κ2) is 8.01. The molecule has 0 spiro atoms. The van der Waals surface area contributed by atoms with E-state index in [1.54, 1.807) is 11.3 Å². The number of para-hydroxylation sites is 2. The van der Waals surface area contributed by atoms with Crippen molar-refractivity contribution in [2.75, 3.05) is 10.2 Å². The van der Waals surface area contributed by atoms with Crippen LogP contribution in [0.15, 0.2) is 82.3 Å². The number of carbonyl (C=O) groups excluding carboxylic acids is 2. The molecular formula is C26H23BrN2O2S. The number of nitrogens with one attached hydrogen (secondary N) is 1. The largest absolute Gasteiger partial charge is 0.357 e. The molecule has 0 saturated heterocycles. The molecule has 5 rings (SSSR count). The predicted molar refractivity (Wildman–Crippen MR) is 133 cm³/mol. The van der Waals surface area contributed by atoms with Gasteiger partial charge in [-0.1, -0.05) is 50.3 Å². The molecule has 1 aliphatic heterocycles. The normalized spacial score (nSPS) is 21.7. The molecule has 1 amide bonds. The second-order valence-electron chi connectivity index (χ2n) is 8.98. The number of hydrogen-bond acceptors (Lipinski definition) is 4. The van der Waals surface area contributed by atoms with Crippen LogP contribution < -0.4 is 10.2 Å². The van der Waals surface area contributed by atoms with Gasteiger partial charge in [-0.2, -0.15) is 0 Å². The second-order valence-corrected chi connectivity index (χ2v) is 11.5. The summed E-state index contributed by atoms with van der Waals surface area (Å²) in [6.45, 7) is 4.16. The molecule has 1 aromatic heterocycles. The van der Waals surface area contributed by atoms with Crippen LogP contribution in [0, 0.1) is 11.3 Å². The number of thiophene rings is 1. The minimum Gasteiger partial charge on any atom is -0.357 e. The SMILES string of the molecule is CC1(C)C=C2Nc3ccccc3N(C(=O)c3ccccc3)[C@@H](c3ccc(Br)s3)[C@@H]2C(=O)C1. The Labute approximate surface area is 200 Å². The van der Waals surface area contributed by atoms with Crippen molar-refractivity contribution in [2.24, 2.45) is 11.3 Å². The lowest BCUT2D eigenvalue weighted by Gasteiger charge is -2.38. The minimum absolute atomic E-state index is 0.117. The molecule has 2 heterocycles. The van der Waals surface area contributed by atoms with Gasteiger partial charge in [-0.25, -0.2) is 0 Å². The highest BCUT2D eigenvalue weighted by Gasteiger charge is 2.46. The summed E-state index contributed by atoms with van der Waals surface area (Å²) in [7, 11) is 0. The van der Waals surface area contributed by atoms with Crippen LogP contribution in [0.5, 0.6) is 0 Å². The van der Waals surface area contributed by atoms with Crippen LogP contribution in [-0.4, -0.2) is 11.7 Å². The van der Waals surface area contributed by atoms with E-state index in [0.29, 0.717) is 12.0 Å². The molecule has 1 aliphatic carbocycles. The summed E-state index contributed by atoms with van der Waals surface area (Å²) in [6, 6.07) is 20.6. The van der Waals surface area contributed by atoms with Crippen LogP contribution >= 0.6 is 27.3 Å². The number of hydrogen-bond donors (Lipinski definition) is 1. The van der Waals surface area contributed by atoms with Crippen LogP contribution in [0.1, 0.15) is 41.5 Å². The summed E-state index contributed by atoms with van der Waals surface area (Å²) in [4.78, 5) is 30.4. The van der Waals surface area contributed by atoms with Crippen molar-refractivity contribution in [2.45, 2.75) is 26.3 Å². The monoisotopic (exact) mass is 506 g/mol. The molecule has 4 nitrogen and oxygen atoms in total. The average molecular weight is 507 g/mol. The number of ketones is 1. The fraction of sp³-hybridized carbons (Fsp3) is 0.231. The van der Waals surface area contributed by atoms with Crippen molar-refractivity contribution in [1.29, 1.82) is 0 Å². The first-order chi connectivity index (χ1) is 15.3. The summed E-state index contributed by atoms with van der Waals surface area (Å²) >= 11 is 5.14. The average Bonchev–Trinajstić information content (AvgIpc) is 3.12. The maximum atomic E-state index is 14.0. The van der Waals surface area contributed by atoms with Crippen LogP contribution in [0.4, 0.5) is 11.4 Å². The van der Waals surface area contributed by atoms with Crippen molar-refractivity contribution in [3.8, 4) is 0 Å². The summed E-state index contributed by atoms with van der Waals surface area (Å²) in [5.74, 6) is -0.435. The zero-order valence-corrected chi connectivity index (χ0v) is 20.2. The molecule has 6 heteroatoms. The highest BCUT2D eigenvalue weighted by atomic mass is 79.9. The van der Waals surface area contributed by atoms with Gasteiger partial charge >= 0.3 is 0 Å². The Morgan fingerprint density at radius 1 is 1.06 bits per heavy atom. The molecule has 162 valence electrons. The zero-order chi connectivity index (χ0) is 22.5. The molecule has 3 aromatic rings. The van der Waals surface area contributed by atoms with Gasteiger partial charge in [-0.15, -0.1) is 11.3 Å². The van der Waals surface area contributed by atoms with E-state index in [1.807, 2.05) is 71.6 Å². The van der Waals surface area contributed by atoms with Crippen molar-refractivity contribution in [1.82, 2.24) is 0 Å². The third kappa shape index (κ3) is 3.71. The van der Waals surface area contributed by atoms with E-state index in [1.165, 1.54) is 0 Å². The molecule has 32 heavy (non-hydrogen) atoms. The van der Waals surface area contributed by atoms with Gasteiger partial charge in [0, 0.05) is 22.6 Å². The molecule has 0 unspecified atom stereocenters. The lowest BCUT2D eigenvalue weighted by Crippen LogP contribution is -2.43. The Morgan fingerprint density at radius 3 is 2.50 bits per heavy atom. The zero-order valence-electron chi connectivity index (χ0n) is 17.8. The maximum absolute atomic E-state index is 14.0. The number of anilines is 2. The van der Waals surface area contributed by atoms with Crippen molar-refractivity contribution in [3.63, 3.8) is 0 Å². The van der Waals surface area contributed by atoms with Crippen LogP contribution in [0.25, 0.3) is 0 Å². The summed E-state index contributed by atoms with van der Waals surface area (Å²) < 4.78 is 0.971. The van der Waals surface area contributed by atoms with E-state index in [0.717, 1.165) is 25.7 Å². The molecule has 1 N–H and O–H groups in total. The lowest BCUT2D eigenvalue weighted by atomic mass is 9.73. The van der Waals surface area contributed by atoms with Gasteiger partial charge in [0.25, 0.3) is 5.91 Å².